The maximum Gasteiger partial charge on any atom is 0.252 e. The van der Waals surface area contributed by atoms with Crippen LogP contribution in [-0.4, -0.2) is 17.4 Å². The molecule has 0 bridgehead atoms. The first-order valence-corrected chi connectivity index (χ1v) is 10.8. The van der Waals surface area contributed by atoms with E-state index < -0.39 is 17.3 Å². The van der Waals surface area contributed by atoms with Gasteiger partial charge in [-0.25, -0.2) is 4.39 Å². The second-order valence-electron chi connectivity index (χ2n) is 6.91. The van der Waals surface area contributed by atoms with E-state index in [1.54, 1.807) is 36.4 Å². The van der Waals surface area contributed by atoms with Gasteiger partial charge in [-0.1, -0.05) is 25.3 Å². The van der Waals surface area contributed by atoms with E-state index in [-0.39, 0.29) is 24.3 Å². The predicted octanol–water partition coefficient (Wildman–Crippen LogP) is 5.64. The molecule has 0 spiro atoms. The number of halogens is 2. The summed E-state index contributed by atoms with van der Waals surface area (Å²) in [6.07, 6.45) is 3.88. The third kappa shape index (κ3) is 4.66. The van der Waals surface area contributed by atoms with E-state index in [0.29, 0.717) is 5.69 Å². The van der Waals surface area contributed by atoms with Gasteiger partial charge in [0.05, 0.1) is 0 Å². The molecular weight excluding hydrogens is 423 g/mol. The number of anilines is 1. The lowest BCUT2D eigenvalue weighted by molar-refractivity contribution is -0.121. The third-order valence-corrected chi connectivity index (χ3v) is 5.97. The predicted molar refractivity (Wildman–Crippen MR) is 120 cm³/mol. The van der Waals surface area contributed by atoms with Crippen LogP contribution in [0.15, 0.2) is 89.9 Å². The van der Waals surface area contributed by atoms with Crippen LogP contribution < -0.4 is 10.6 Å². The van der Waals surface area contributed by atoms with Crippen LogP contribution in [0.2, 0.25) is 0 Å². The lowest BCUT2D eigenvalue weighted by atomic mass is 9.92. The number of nitrogens with one attached hydrogen (secondary N) is 2. The average molecular weight is 443 g/mol. The van der Waals surface area contributed by atoms with Crippen molar-refractivity contribution in [1.82, 2.24) is 5.32 Å². The Balaban J connectivity index is 1.88. The van der Waals surface area contributed by atoms with Crippen molar-refractivity contribution in [3.05, 3.63) is 96.4 Å². The molecule has 2 aromatic carbocycles. The van der Waals surface area contributed by atoms with Crippen LogP contribution in [0.25, 0.3) is 0 Å². The molecule has 0 aromatic heterocycles. The second kappa shape index (κ2) is 9.32. The zero-order chi connectivity index (χ0) is 21.7. The fourth-order valence-corrected chi connectivity index (χ4v) is 3.93. The minimum atomic E-state index is -1.22. The summed E-state index contributed by atoms with van der Waals surface area (Å²) < 4.78 is 13.2. The molecule has 2 amide bonds. The topological polar surface area (TPSA) is 58.2 Å². The van der Waals surface area contributed by atoms with E-state index in [9.17, 15) is 14.0 Å². The van der Waals surface area contributed by atoms with E-state index in [1.807, 2.05) is 0 Å². The number of hydrogen-bond donors (Lipinski definition) is 2. The van der Waals surface area contributed by atoms with E-state index in [0.717, 1.165) is 27.0 Å². The van der Waals surface area contributed by atoms with E-state index in [4.69, 9.17) is 10.7 Å². The Bertz CT molecular complexity index is 997. The summed E-state index contributed by atoms with van der Waals surface area (Å²) in [5.41, 5.74) is 1.30. The number of rotatable bonds is 7. The summed E-state index contributed by atoms with van der Waals surface area (Å²) in [6, 6.07) is 12.2. The average Bonchev–Trinajstić information content (AvgIpc) is 3.13. The Morgan fingerprint density at radius 3 is 2.07 bits per heavy atom. The van der Waals surface area contributed by atoms with E-state index >= 15 is 0 Å². The molecule has 4 nitrogen and oxygen atoms in total. The van der Waals surface area contributed by atoms with E-state index in [2.05, 4.69) is 23.8 Å². The molecule has 0 aliphatic heterocycles. The molecule has 1 aliphatic carbocycles. The molecular formula is C23H20ClFN2O2S. The molecule has 30 heavy (non-hydrogen) atoms. The van der Waals surface area contributed by atoms with Crippen LogP contribution >= 0.6 is 21.7 Å². The maximum atomic E-state index is 13.3. The number of carbonyl (C=O) groups excluding carboxylic acids is 2. The van der Waals surface area contributed by atoms with Crippen molar-refractivity contribution < 1.29 is 14.0 Å². The highest BCUT2D eigenvalue weighted by Gasteiger charge is 2.45. The van der Waals surface area contributed by atoms with Crippen molar-refractivity contribution >= 4 is 39.2 Å². The Hall–Kier alpha value is -2.83. The van der Waals surface area contributed by atoms with Gasteiger partial charge < -0.3 is 10.6 Å². The maximum absolute atomic E-state index is 13.3. The molecule has 1 aliphatic rings. The van der Waals surface area contributed by atoms with E-state index in [1.165, 1.54) is 24.3 Å². The van der Waals surface area contributed by atoms with Gasteiger partial charge in [0.15, 0.2) is 0 Å². The molecule has 0 atom stereocenters. The highest BCUT2D eigenvalue weighted by atomic mass is 35.7. The lowest BCUT2D eigenvalue weighted by Crippen LogP contribution is -2.55. The molecule has 2 aromatic rings. The van der Waals surface area contributed by atoms with Crippen LogP contribution in [0.3, 0.4) is 0 Å². The first-order valence-electron chi connectivity index (χ1n) is 9.16. The Labute approximate surface area is 183 Å². The molecule has 0 heterocycles. The number of benzene rings is 2. The van der Waals surface area contributed by atoms with Crippen molar-refractivity contribution in [2.45, 2.75) is 23.3 Å². The highest BCUT2D eigenvalue weighted by molar-refractivity contribution is 8.21. The summed E-state index contributed by atoms with van der Waals surface area (Å²) in [5, 5.41) is 5.73. The molecule has 3 rings (SSSR count). The fourth-order valence-electron chi connectivity index (χ4n) is 3.38. The molecule has 0 radical (unpaired) electrons. The quantitative estimate of drug-likeness (QED) is 0.583. The SMILES string of the molecule is C=CC1=C(C=C)CC(NC(=O)c2ccc(F)cc2)(C(=O)Nc2ccc(SCl)cc2)C1. The normalized spacial score (nSPS) is 14.9. The van der Waals surface area contributed by atoms with Gasteiger partial charge in [0, 0.05) is 29.0 Å². The third-order valence-electron chi connectivity index (χ3n) is 4.98. The van der Waals surface area contributed by atoms with Crippen LogP contribution in [0, 0.1) is 5.82 Å². The molecule has 0 saturated heterocycles. The number of carbonyl (C=O) groups is 2. The zero-order valence-corrected chi connectivity index (χ0v) is 17.7. The Kier molecular flexibility index (Phi) is 6.80. The smallest absolute Gasteiger partial charge is 0.252 e. The summed E-state index contributed by atoms with van der Waals surface area (Å²) >= 11 is 0. The fraction of sp³-hybridized carbons (Fsp3) is 0.130. The van der Waals surface area contributed by atoms with Gasteiger partial charge >= 0.3 is 0 Å². The molecule has 0 saturated carbocycles. The molecule has 154 valence electrons. The van der Waals surface area contributed by atoms with Crippen molar-refractivity contribution in [3.8, 4) is 0 Å². The second-order valence-corrected chi connectivity index (χ2v) is 8.00. The first-order chi connectivity index (χ1) is 14.4. The summed E-state index contributed by atoms with van der Waals surface area (Å²) in [6.45, 7) is 7.62. The van der Waals surface area contributed by atoms with Crippen LogP contribution in [0.1, 0.15) is 23.2 Å². The summed E-state index contributed by atoms with van der Waals surface area (Å²) in [5.74, 6) is -1.27. The molecule has 7 heteroatoms. The lowest BCUT2D eigenvalue weighted by Gasteiger charge is -2.30. The molecule has 2 N–H and O–H groups in total. The monoisotopic (exact) mass is 442 g/mol. The molecule has 0 fully saturated rings. The van der Waals surface area contributed by atoms with Gasteiger partial charge in [0.1, 0.15) is 11.4 Å². The summed E-state index contributed by atoms with van der Waals surface area (Å²) in [7, 11) is 6.82. The van der Waals surface area contributed by atoms with Gasteiger partial charge in [-0.3, -0.25) is 9.59 Å². The summed E-state index contributed by atoms with van der Waals surface area (Å²) in [4.78, 5) is 27.0. The Morgan fingerprint density at radius 1 is 1.00 bits per heavy atom. The number of allylic oxidation sites excluding steroid dienone is 2. The van der Waals surface area contributed by atoms with Gasteiger partial charge in [-0.2, -0.15) is 0 Å². The van der Waals surface area contributed by atoms with Gasteiger partial charge in [-0.15, -0.1) is 0 Å². The minimum Gasteiger partial charge on any atom is -0.337 e. The van der Waals surface area contributed by atoms with Crippen LogP contribution in [-0.2, 0) is 4.79 Å². The van der Waals surface area contributed by atoms with Crippen molar-refractivity contribution in [3.63, 3.8) is 0 Å². The number of amides is 2. The minimum absolute atomic E-state index is 0.263. The standard InChI is InChI=1S/C23H20ClFN2O2S/c1-3-15-13-23(14-16(15)4-2,27-21(28)17-5-7-18(25)8-6-17)22(29)26-19-9-11-20(30-24)12-10-19/h3-12H,1-2,13-14H2,(H,26,29)(H,27,28). The van der Waals surface area contributed by atoms with Crippen LogP contribution in [0.5, 0.6) is 0 Å². The first kappa shape index (κ1) is 21.9. The number of hydrogen-bond acceptors (Lipinski definition) is 3. The molecule has 0 unspecified atom stereocenters. The van der Waals surface area contributed by atoms with Crippen molar-refractivity contribution in [2.24, 2.45) is 0 Å². The largest absolute Gasteiger partial charge is 0.337 e. The van der Waals surface area contributed by atoms with Gasteiger partial charge in [-0.05, 0) is 81.3 Å². The van der Waals surface area contributed by atoms with Gasteiger partial charge in [0.2, 0.25) is 0 Å². The van der Waals surface area contributed by atoms with Gasteiger partial charge in [0.25, 0.3) is 11.8 Å². The van der Waals surface area contributed by atoms with Crippen molar-refractivity contribution in [1.29, 1.82) is 0 Å². The zero-order valence-electron chi connectivity index (χ0n) is 16.1. The highest BCUT2D eigenvalue weighted by Crippen LogP contribution is 2.37. The van der Waals surface area contributed by atoms with Crippen LogP contribution in [0.4, 0.5) is 10.1 Å². The Morgan fingerprint density at radius 2 is 1.57 bits per heavy atom. The van der Waals surface area contributed by atoms with Crippen molar-refractivity contribution in [2.75, 3.05) is 5.32 Å².